The first-order valence-corrected chi connectivity index (χ1v) is 6.77. The normalized spacial score (nSPS) is 10.1. The van der Waals surface area contributed by atoms with Crippen molar-refractivity contribution in [3.8, 4) is 23.1 Å². The number of rotatable bonds is 4. The first-order valence-electron chi connectivity index (χ1n) is 6.36. The second kappa shape index (κ2) is 6.31. The van der Waals surface area contributed by atoms with Crippen molar-refractivity contribution in [2.75, 3.05) is 7.11 Å². The van der Waals surface area contributed by atoms with E-state index in [4.69, 9.17) is 22.2 Å². The summed E-state index contributed by atoms with van der Waals surface area (Å²) in [4.78, 5) is 7.56. The first kappa shape index (κ1) is 14.2. The Morgan fingerprint density at radius 1 is 1.40 bits per heavy atom. The van der Waals surface area contributed by atoms with Gasteiger partial charge in [-0.05, 0) is 30.7 Å². The van der Waals surface area contributed by atoms with Crippen LogP contribution in [0, 0.1) is 16.0 Å². The van der Waals surface area contributed by atoms with Crippen LogP contribution in [-0.2, 0) is 6.42 Å². The Morgan fingerprint density at radius 2 is 2.20 bits per heavy atom. The van der Waals surface area contributed by atoms with Crippen LogP contribution >= 0.6 is 12.2 Å². The molecule has 0 aliphatic rings. The highest BCUT2D eigenvalue weighted by molar-refractivity contribution is 7.71. The molecule has 102 valence electrons. The predicted molar refractivity (Wildman–Crippen MR) is 80.1 cm³/mol. The third-order valence-corrected chi connectivity index (χ3v) is 3.11. The molecule has 0 saturated heterocycles. The lowest BCUT2D eigenvalue weighted by molar-refractivity contribution is 0.416. The van der Waals surface area contributed by atoms with Crippen LogP contribution in [0.2, 0.25) is 0 Å². The van der Waals surface area contributed by atoms with E-state index < -0.39 is 0 Å². The molecule has 1 heterocycles. The van der Waals surface area contributed by atoms with Gasteiger partial charge in [0, 0.05) is 12.0 Å². The highest BCUT2D eigenvalue weighted by Gasteiger charge is 2.09. The summed E-state index contributed by atoms with van der Waals surface area (Å²) < 4.78 is 5.89. The molecule has 0 saturated carbocycles. The van der Waals surface area contributed by atoms with E-state index in [-0.39, 0.29) is 0 Å². The van der Waals surface area contributed by atoms with Crippen molar-refractivity contribution in [1.82, 2.24) is 9.97 Å². The molecule has 0 atom stereocenters. The minimum Gasteiger partial charge on any atom is -0.496 e. The molecule has 1 aromatic carbocycles. The van der Waals surface area contributed by atoms with Gasteiger partial charge in [-0.25, -0.2) is 4.98 Å². The minimum atomic E-state index is 0.534. The summed E-state index contributed by atoms with van der Waals surface area (Å²) in [5.41, 5.74) is 2.22. The fraction of sp³-hybridized carbons (Fsp3) is 0.267. The molecule has 0 bridgehead atoms. The van der Waals surface area contributed by atoms with Crippen molar-refractivity contribution in [3.05, 3.63) is 40.3 Å². The topological polar surface area (TPSA) is 61.7 Å². The minimum absolute atomic E-state index is 0.534. The summed E-state index contributed by atoms with van der Waals surface area (Å²) >= 11 is 5.21. The van der Waals surface area contributed by atoms with Gasteiger partial charge in [-0.2, -0.15) is 5.26 Å². The number of aromatic amines is 1. The number of benzene rings is 1. The van der Waals surface area contributed by atoms with E-state index in [2.05, 4.69) is 23.0 Å². The van der Waals surface area contributed by atoms with Gasteiger partial charge in [0.15, 0.2) is 0 Å². The van der Waals surface area contributed by atoms with Crippen molar-refractivity contribution in [2.24, 2.45) is 0 Å². The highest BCUT2D eigenvalue weighted by atomic mass is 32.1. The van der Waals surface area contributed by atoms with Gasteiger partial charge in [-0.3, -0.25) is 0 Å². The Labute approximate surface area is 123 Å². The van der Waals surface area contributed by atoms with Crippen molar-refractivity contribution in [3.63, 3.8) is 0 Å². The van der Waals surface area contributed by atoms with Crippen LogP contribution in [0.5, 0.6) is 5.75 Å². The fourth-order valence-corrected chi connectivity index (χ4v) is 2.22. The summed E-state index contributed by atoms with van der Waals surface area (Å²) in [5.74, 6) is 1.54. The van der Waals surface area contributed by atoms with Gasteiger partial charge >= 0.3 is 0 Å². The Balaban J connectivity index is 2.61. The zero-order chi connectivity index (χ0) is 14.5. The van der Waals surface area contributed by atoms with Crippen LogP contribution < -0.4 is 4.74 Å². The number of H-pyrrole nitrogens is 1. The SMILES string of the molecule is CCCc1nc(=S)cc(-c2cc(C#N)ccc2OC)[nH]1. The van der Waals surface area contributed by atoms with Crippen LogP contribution in [0.1, 0.15) is 24.7 Å². The molecule has 1 N–H and O–H groups in total. The Kier molecular flexibility index (Phi) is 4.49. The van der Waals surface area contributed by atoms with Gasteiger partial charge in [0.1, 0.15) is 16.2 Å². The summed E-state index contributed by atoms with van der Waals surface area (Å²) in [5, 5.41) is 9.03. The summed E-state index contributed by atoms with van der Waals surface area (Å²) in [6, 6.07) is 9.21. The molecule has 2 aromatic rings. The first-order chi connectivity index (χ1) is 9.67. The quantitative estimate of drug-likeness (QED) is 0.871. The van der Waals surface area contributed by atoms with Gasteiger partial charge < -0.3 is 9.72 Å². The summed E-state index contributed by atoms with van der Waals surface area (Å²) in [6.07, 6.45) is 1.81. The van der Waals surface area contributed by atoms with Gasteiger partial charge in [0.2, 0.25) is 0 Å². The molecule has 1 aromatic heterocycles. The van der Waals surface area contributed by atoms with Crippen LogP contribution in [0.25, 0.3) is 11.3 Å². The van der Waals surface area contributed by atoms with E-state index in [1.807, 2.05) is 0 Å². The lowest BCUT2D eigenvalue weighted by Crippen LogP contribution is -1.98. The Morgan fingerprint density at radius 3 is 2.85 bits per heavy atom. The second-order valence-corrected chi connectivity index (χ2v) is 4.77. The summed E-state index contributed by atoms with van der Waals surface area (Å²) in [6.45, 7) is 2.09. The number of ether oxygens (including phenoxy) is 1. The number of hydrogen-bond acceptors (Lipinski definition) is 4. The van der Waals surface area contributed by atoms with Gasteiger partial charge in [0.25, 0.3) is 0 Å². The lowest BCUT2D eigenvalue weighted by Gasteiger charge is -2.10. The molecule has 0 spiro atoms. The van der Waals surface area contributed by atoms with E-state index >= 15 is 0 Å². The number of nitrogens with zero attached hydrogens (tertiary/aromatic N) is 2. The predicted octanol–water partition coefficient (Wildman–Crippen LogP) is 3.64. The third-order valence-electron chi connectivity index (χ3n) is 2.90. The maximum Gasteiger partial charge on any atom is 0.130 e. The molecule has 0 aliphatic carbocycles. The monoisotopic (exact) mass is 285 g/mol. The van der Waals surface area contributed by atoms with E-state index in [1.165, 1.54) is 0 Å². The van der Waals surface area contributed by atoms with Crippen molar-refractivity contribution < 1.29 is 4.74 Å². The fourth-order valence-electron chi connectivity index (χ4n) is 2.00. The number of nitrogens with one attached hydrogen (secondary N) is 1. The molecule has 0 fully saturated rings. The zero-order valence-electron chi connectivity index (χ0n) is 11.4. The smallest absolute Gasteiger partial charge is 0.130 e. The molecule has 0 unspecified atom stereocenters. The van der Waals surface area contributed by atoms with Crippen LogP contribution in [-0.4, -0.2) is 17.1 Å². The van der Waals surface area contributed by atoms with E-state index in [1.54, 1.807) is 31.4 Å². The molecular weight excluding hydrogens is 270 g/mol. The largest absolute Gasteiger partial charge is 0.496 e. The number of hydrogen-bond donors (Lipinski definition) is 1. The van der Waals surface area contributed by atoms with Crippen LogP contribution in [0.15, 0.2) is 24.3 Å². The maximum atomic E-state index is 9.03. The molecule has 5 heteroatoms. The van der Waals surface area contributed by atoms with Crippen molar-refractivity contribution in [2.45, 2.75) is 19.8 Å². The Bertz CT molecular complexity index is 716. The van der Waals surface area contributed by atoms with Crippen LogP contribution in [0.3, 0.4) is 0 Å². The standard InChI is InChI=1S/C15H15N3OS/c1-3-4-14-17-12(8-15(20)18-14)11-7-10(9-16)5-6-13(11)19-2/h5-8H,3-4H2,1-2H3,(H,17,18,20). The van der Waals surface area contributed by atoms with E-state index in [9.17, 15) is 0 Å². The van der Waals surface area contributed by atoms with Crippen LogP contribution in [0.4, 0.5) is 0 Å². The maximum absolute atomic E-state index is 9.03. The van der Waals surface area contributed by atoms with Crippen molar-refractivity contribution >= 4 is 12.2 Å². The molecular formula is C15H15N3OS. The molecule has 20 heavy (non-hydrogen) atoms. The van der Waals surface area contributed by atoms with Gasteiger partial charge in [-0.15, -0.1) is 0 Å². The molecule has 4 nitrogen and oxygen atoms in total. The van der Waals surface area contributed by atoms with E-state index in [0.29, 0.717) is 16.0 Å². The van der Waals surface area contributed by atoms with Gasteiger partial charge in [-0.1, -0.05) is 19.1 Å². The third kappa shape index (κ3) is 3.03. The number of nitriles is 1. The average molecular weight is 285 g/mol. The highest BCUT2D eigenvalue weighted by Crippen LogP contribution is 2.29. The number of aryl methyl sites for hydroxylation is 1. The Hall–Kier alpha value is -2.19. The van der Waals surface area contributed by atoms with E-state index in [0.717, 1.165) is 29.9 Å². The number of aromatic nitrogens is 2. The van der Waals surface area contributed by atoms with Crippen molar-refractivity contribution in [1.29, 1.82) is 5.26 Å². The zero-order valence-corrected chi connectivity index (χ0v) is 12.3. The molecule has 2 rings (SSSR count). The average Bonchev–Trinajstić information content (AvgIpc) is 2.46. The molecule has 0 radical (unpaired) electrons. The second-order valence-electron chi connectivity index (χ2n) is 4.36. The lowest BCUT2D eigenvalue weighted by atomic mass is 10.1. The molecule has 0 amide bonds. The van der Waals surface area contributed by atoms with Gasteiger partial charge in [0.05, 0.1) is 24.4 Å². The molecule has 0 aliphatic heterocycles. The number of methoxy groups -OCH3 is 1. The summed E-state index contributed by atoms with van der Waals surface area (Å²) in [7, 11) is 1.60.